The van der Waals surface area contributed by atoms with Crippen LogP contribution in [0, 0.1) is 5.41 Å². The molecule has 1 aromatic heterocycles. The molecule has 1 atom stereocenters. The van der Waals surface area contributed by atoms with Gasteiger partial charge in [0, 0.05) is 7.05 Å². The van der Waals surface area contributed by atoms with E-state index in [4.69, 9.17) is 10.1 Å². The number of hydrogen-bond acceptors (Lipinski definition) is 3. The van der Waals surface area contributed by atoms with E-state index in [0.29, 0.717) is 12.2 Å². The molecule has 0 bridgehead atoms. The predicted molar refractivity (Wildman–Crippen MR) is 84.7 cm³/mol. The van der Waals surface area contributed by atoms with Crippen molar-refractivity contribution >= 4 is 11.0 Å². The van der Waals surface area contributed by atoms with Crippen molar-refractivity contribution in [1.29, 1.82) is 5.41 Å². The summed E-state index contributed by atoms with van der Waals surface area (Å²) in [5.41, 5.74) is 2.28. The fourth-order valence-corrected chi connectivity index (χ4v) is 2.54. The highest BCUT2D eigenvalue weighted by Gasteiger charge is 2.12. The molecule has 0 saturated heterocycles. The lowest BCUT2D eigenvalue weighted by molar-refractivity contribution is 0.0921. The molecule has 0 spiro atoms. The Labute approximate surface area is 128 Å². The third kappa shape index (κ3) is 2.76. The van der Waals surface area contributed by atoms with Crippen molar-refractivity contribution in [1.82, 2.24) is 9.13 Å². The van der Waals surface area contributed by atoms with Crippen LogP contribution in [0.1, 0.15) is 0 Å². The van der Waals surface area contributed by atoms with Crippen molar-refractivity contribution in [2.45, 2.75) is 12.6 Å². The first-order valence-corrected chi connectivity index (χ1v) is 7.21. The highest BCUT2D eigenvalue weighted by atomic mass is 16.5. The van der Waals surface area contributed by atoms with Crippen LogP contribution in [0.2, 0.25) is 0 Å². The van der Waals surface area contributed by atoms with E-state index in [0.717, 1.165) is 16.8 Å². The fourth-order valence-electron chi connectivity index (χ4n) is 2.54. The van der Waals surface area contributed by atoms with Gasteiger partial charge in [0.05, 0.1) is 17.6 Å². The number of aromatic nitrogens is 2. The molecule has 0 amide bonds. The van der Waals surface area contributed by atoms with E-state index in [1.54, 1.807) is 9.13 Å². The van der Waals surface area contributed by atoms with E-state index < -0.39 is 6.10 Å². The van der Waals surface area contributed by atoms with Gasteiger partial charge in [-0.15, -0.1) is 0 Å². The van der Waals surface area contributed by atoms with Gasteiger partial charge in [0.25, 0.3) is 0 Å². The lowest BCUT2D eigenvalue weighted by atomic mass is 10.3. The summed E-state index contributed by atoms with van der Waals surface area (Å²) >= 11 is 0. The zero-order valence-electron chi connectivity index (χ0n) is 12.4. The van der Waals surface area contributed by atoms with Crippen LogP contribution in [0.4, 0.5) is 0 Å². The molecule has 0 aliphatic carbocycles. The van der Waals surface area contributed by atoms with E-state index in [-0.39, 0.29) is 6.61 Å². The Morgan fingerprint density at radius 1 is 1.05 bits per heavy atom. The smallest absolute Gasteiger partial charge is 0.202 e. The third-order valence-electron chi connectivity index (χ3n) is 3.69. The van der Waals surface area contributed by atoms with Crippen LogP contribution in [-0.4, -0.2) is 27.0 Å². The van der Waals surface area contributed by atoms with Gasteiger partial charge in [-0.2, -0.15) is 0 Å². The minimum Gasteiger partial charge on any atom is -0.491 e. The van der Waals surface area contributed by atoms with Crippen molar-refractivity contribution in [3.05, 3.63) is 60.2 Å². The number of aliphatic hydroxyl groups excluding tert-OH is 1. The number of aryl methyl sites for hydroxylation is 1. The molecule has 0 unspecified atom stereocenters. The van der Waals surface area contributed by atoms with Crippen molar-refractivity contribution in [2.75, 3.05) is 6.61 Å². The number of aliphatic hydroxyl groups is 1. The quantitative estimate of drug-likeness (QED) is 0.755. The molecule has 0 fully saturated rings. The Hall–Kier alpha value is -2.53. The summed E-state index contributed by atoms with van der Waals surface area (Å²) in [6.07, 6.45) is -0.680. The minimum absolute atomic E-state index is 0.194. The Bertz CT molecular complexity index is 821. The van der Waals surface area contributed by atoms with Gasteiger partial charge in [0.1, 0.15) is 18.5 Å². The number of nitrogens with one attached hydrogen (secondary N) is 1. The molecule has 1 heterocycles. The standard InChI is InChI=1S/C17H19N3O2/c1-19-15-9-5-6-10-16(15)20(17(19)18)11-13(21)12-22-14-7-3-2-4-8-14/h2-10,13,18,21H,11-12H2,1H3/t13-/m1/s1. The van der Waals surface area contributed by atoms with Crippen LogP contribution in [0.3, 0.4) is 0 Å². The molecule has 0 radical (unpaired) electrons. The molecular formula is C17H19N3O2. The Kier molecular flexibility index (Phi) is 3.98. The molecule has 5 heteroatoms. The van der Waals surface area contributed by atoms with Crippen molar-refractivity contribution in [3.8, 4) is 5.75 Å². The van der Waals surface area contributed by atoms with Gasteiger partial charge in [-0.25, -0.2) is 0 Å². The van der Waals surface area contributed by atoms with E-state index in [9.17, 15) is 5.11 Å². The third-order valence-corrected chi connectivity index (χ3v) is 3.69. The Balaban J connectivity index is 1.76. The number of fused-ring (bicyclic) bond motifs is 1. The highest BCUT2D eigenvalue weighted by molar-refractivity contribution is 5.75. The van der Waals surface area contributed by atoms with Crippen molar-refractivity contribution < 1.29 is 9.84 Å². The van der Waals surface area contributed by atoms with Crippen LogP contribution >= 0.6 is 0 Å². The predicted octanol–water partition coefficient (Wildman–Crippen LogP) is 1.90. The molecule has 5 nitrogen and oxygen atoms in total. The van der Waals surface area contributed by atoms with E-state index in [2.05, 4.69) is 0 Å². The summed E-state index contributed by atoms with van der Waals surface area (Å²) < 4.78 is 9.17. The average Bonchev–Trinajstić information content (AvgIpc) is 2.79. The van der Waals surface area contributed by atoms with Crippen molar-refractivity contribution in [2.24, 2.45) is 7.05 Å². The summed E-state index contributed by atoms with van der Waals surface area (Å²) in [6.45, 7) is 0.521. The second kappa shape index (κ2) is 6.07. The minimum atomic E-state index is -0.680. The Morgan fingerprint density at radius 3 is 2.41 bits per heavy atom. The number of benzene rings is 2. The molecule has 2 N–H and O–H groups in total. The van der Waals surface area contributed by atoms with Crippen LogP contribution in [0.5, 0.6) is 5.75 Å². The van der Waals surface area contributed by atoms with Gasteiger partial charge in [0.2, 0.25) is 5.62 Å². The zero-order valence-corrected chi connectivity index (χ0v) is 12.4. The maximum atomic E-state index is 10.2. The number of imidazole rings is 1. The zero-order chi connectivity index (χ0) is 15.5. The second-order valence-corrected chi connectivity index (χ2v) is 5.26. The molecule has 2 aromatic carbocycles. The van der Waals surface area contributed by atoms with Gasteiger partial charge in [0.15, 0.2) is 0 Å². The van der Waals surface area contributed by atoms with Crippen LogP contribution in [-0.2, 0) is 13.6 Å². The number of para-hydroxylation sites is 3. The lowest BCUT2D eigenvalue weighted by Crippen LogP contribution is -2.30. The van der Waals surface area contributed by atoms with Gasteiger partial charge in [-0.1, -0.05) is 30.3 Å². The summed E-state index contributed by atoms with van der Waals surface area (Å²) in [7, 11) is 1.86. The number of rotatable bonds is 5. The average molecular weight is 297 g/mol. The topological polar surface area (TPSA) is 63.2 Å². The normalized spacial score (nSPS) is 12.5. The molecule has 3 rings (SSSR count). The van der Waals surface area contributed by atoms with Gasteiger partial charge in [-0.3, -0.25) is 5.41 Å². The molecule has 0 saturated carbocycles. The van der Waals surface area contributed by atoms with Crippen LogP contribution in [0.25, 0.3) is 11.0 Å². The molecule has 3 aromatic rings. The molecule has 22 heavy (non-hydrogen) atoms. The van der Waals surface area contributed by atoms with Gasteiger partial charge in [-0.05, 0) is 24.3 Å². The summed E-state index contributed by atoms with van der Waals surface area (Å²) in [4.78, 5) is 0. The first kappa shape index (κ1) is 14.4. The van der Waals surface area contributed by atoms with Crippen LogP contribution < -0.4 is 10.4 Å². The number of ether oxygens (including phenoxy) is 1. The van der Waals surface area contributed by atoms with Crippen molar-refractivity contribution in [3.63, 3.8) is 0 Å². The van der Waals surface area contributed by atoms with E-state index >= 15 is 0 Å². The monoisotopic (exact) mass is 297 g/mol. The first-order chi connectivity index (χ1) is 10.7. The maximum absolute atomic E-state index is 10.2. The van der Waals surface area contributed by atoms with Gasteiger partial charge < -0.3 is 19.0 Å². The largest absolute Gasteiger partial charge is 0.491 e. The summed E-state index contributed by atoms with van der Waals surface area (Å²) in [5, 5.41) is 18.4. The van der Waals surface area contributed by atoms with E-state index in [1.807, 2.05) is 61.6 Å². The molecule has 0 aliphatic heterocycles. The fraction of sp³-hybridized carbons (Fsp3) is 0.235. The Morgan fingerprint density at radius 2 is 1.68 bits per heavy atom. The molecular weight excluding hydrogens is 278 g/mol. The maximum Gasteiger partial charge on any atom is 0.202 e. The number of nitrogens with zero attached hydrogens (tertiary/aromatic N) is 2. The summed E-state index contributed by atoms with van der Waals surface area (Å²) in [5.74, 6) is 0.732. The molecule has 0 aliphatic rings. The lowest BCUT2D eigenvalue weighted by Gasteiger charge is -2.13. The van der Waals surface area contributed by atoms with Crippen LogP contribution in [0.15, 0.2) is 54.6 Å². The second-order valence-electron chi connectivity index (χ2n) is 5.26. The van der Waals surface area contributed by atoms with Gasteiger partial charge >= 0.3 is 0 Å². The highest BCUT2D eigenvalue weighted by Crippen LogP contribution is 2.13. The summed E-state index contributed by atoms with van der Waals surface area (Å²) in [6, 6.07) is 17.2. The molecule has 114 valence electrons. The first-order valence-electron chi connectivity index (χ1n) is 7.21. The number of hydrogen-bond donors (Lipinski definition) is 2. The van der Waals surface area contributed by atoms with E-state index in [1.165, 1.54) is 0 Å². The SMILES string of the molecule is Cn1c(=N)n(C[C@@H](O)COc2ccccc2)c2ccccc21.